The van der Waals surface area contributed by atoms with Gasteiger partial charge in [-0.2, -0.15) is 0 Å². The Labute approximate surface area is 179 Å². The smallest absolute Gasteiger partial charge is 0.255 e. The summed E-state index contributed by atoms with van der Waals surface area (Å²) in [6.07, 6.45) is 3.86. The Morgan fingerprint density at radius 2 is 1.90 bits per heavy atom. The number of hydrogen-bond donors (Lipinski definition) is 2. The van der Waals surface area contributed by atoms with Crippen LogP contribution in [-0.4, -0.2) is 38.9 Å². The van der Waals surface area contributed by atoms with Crippen molar-refractivity contribution in [3.63, 3.8) is 0 Å². The minimum atomic E-state index is -3.62. The maximum atomic E-state index is 12.6. The van der Waals surface area contributed by atoms with Gasteiger partial charge < -0.3 is 10.2 Å². The molecule has 1 aliphatic heterocycles. The second kappa shape index (κ2) is 8.55. The Bertz CT molecular complexity index is 1180. The number of fused-ring (bicyclic) bond motifs is 1. The average molecular weight is 443 g/mol. The van der Waals surface area contributed by atoms with E-state index < -0.39 is 10.0 Å². The normalized spacial score (nSPS) is 14.2. The molecule has 0 spiro atoms. The molecule has 0 bridgehead atoms. The number of sulfonamides is 1. The van der Waals surface area contributed by atoms with Gasteiger partial charge in [0.05, 0.1) is 15.1 Å². The van der Waals surface area contributed by atoms with Gasteiger partial charge >= 0.3 is 0 Å². The van der Waals surface area contributed by atoms with Crippen LogP contribution in [-0.2, 0) is 10.0 Å². The van der Waals surface area contributed by atoms with Gasteiger partial charge in [-0.3, -0.25) is 4.79 Å². The van der Waals surface area contributed by atoms with E-state index in [1.54, 1.807) is 11.3 Å². The molecule has 2 heterocycles. The Hall–Kier alpha value is -2.75. The standard InChI is InChI=1S/C21H22N4O3S2/c1-2-11-22-30(27,28)17-8-5-15(6-9-17)20(26)23-16-7-10-18-19(14-16)29-21(24-18)25-12-3-4-13-25/h2,5-10,14,22H,1,3-4,11-13H2,(H,23,26). The molecule has 2 aromatic carbocycles. The molecule has 0 radical (unpaired) electrons. The summed E-state index contributed by atoms with van der Waals surface area (Å²) < 4.78 is 27.7. The molecule has 156 valence electrons. The molecule has 1 amide bonds. The number of carbonyl (C=O) groups excluding carboxylic acids is 1. The highest BCUT2D eigenvalue weighted by molar-refractivity contribution is 7.89. The Balaban J connectivity index is 1.47. The summed E-state index contributed by atoms with van der Waals surface area (Å²) in [7, 11) is -3.62. The van der Waals surface area contributed by atoms with Crippen molar-refractivity contribution in [2.24, 2.45) is 0 Å². The number of amides is 1. The van der Waals surface area contributed by atoms with Gasteiger partial charge in [0.25, 0.3) is 5.91 Å². The molecule has 0 aliphatic carbocycles. The minimum absolute atomic E-state index is 0.0985. The van der Waals surface area contributed by atoms with Crippen LogP contribution in [0.1, 0.15) is 23.2 Å². The van der Waals surface area contributed by atoms with Gasteiger partial charge in [0, 0.05) is 30.9 Å². The van der Waals surface area contributed by atoms with Crippen LogP contribution in [0.5, 0.6) is 0 Å². The van der Waals surface area contributed by atoms with Crippen molar-refractivity contribution < 1.29 is 13.2 Å². The van der Waals surface area contributed by atoms with Gasteiger partial charge in [0.2, 0.25) is 10.0 Å². The zero-order valence-electron chi connectivity index (χ0n) is 16.3. The van der Waals surface area contributed by atoms with Crippen LogP contribution in [0.25, 0.3) is 10.2 Å². The third-order valence-electron chi connectivity index (χ3n) is 4.86. The number of aromatic nitrogens is 1. The predicted octanol–water partition coefficient (Wildman–Crippen LogP) is 3.61. The van der Waals surface area contributed by atoms with Gasteiger partial charge in [-0.05, 0) is 55.3 Å². The first kappa shape index (κ1) is 20.5. The van der Waals surface area contributed by atoms with E-state index in [2.05, 4.69) is 26.5 Å². The number of carbonyl (C=O) groups is 1. The molecule has 7 nitrogen and oxygen atoms in total. The van der Waals surface area contributed by atoms with Crippen LogP contribution in [0.15, 0.2) is 60.0 Å². The molecule has 1 aromatic heterocycles. The maximum Gasteiger partial charge on any atom is 0.255 e. The fraction of sp³-hybridized carbons (Fsp3) is 0.238. The van der Waals surface area contributed by atoms with Crippen LogP contribution in [0, 0.1) is 0 Å². The van der Waals surface area contributed by atoms with Crippen LogP contribution in [0.4, 0.5) is 10.8 Å². The molecule has 1 saturated heterocycles. The van der Waals surface area contributed by atoms with Crippen molar-refractivity contribution in [1.82, 2.24) is 9.71 Å². The second-order valence-electron chi connectivity index (χ2n) is 6.99. The van der Waals surface area contributed by atoms with Crippen molar-refractivity contribution in [3.05, 3.63) is 60.7 Å². The van der Waals surface area contributed by atoms with Gasteiger partial charge in [-0.1, -0.05) is 17.4 Å². The zero-order valence-corrected chi connectivity index (χ0v) is 17.9. The lowest BCUT2D eigenvalue weighted by Crippen LogP contribution is -2.23. The average Bonchev–Trinajstić information content (AvgIpc) is 3.41. The number of anilines is 2. The van der Waals surface area contributed by atoms with E-state index in [4.69, 9.17) is 0 Å². The molecule has 1 aliphatic rings. The van der Waals surface area contributed by atoms with E-state index in [9.17, 15) is 13.2 Å². The first-order valence-electron chi connectivity index (χ1n) is 9.64. The number of nitrogens with one attached hydrogen (secondary N) is 2. The Morgan fingerprint density at radius 3 is 2.60 bits per heavy atom. The number of rotatable bonds is 7. The van der Waals surface area contributed by atoms with Crippen molar-refractivity contribution in [2.75, 3.05) is 29.9 Å². The molecular formula is C21H22N4O3S2. The van der Waals surface area contributed by atoms with Gasteiger partial charge in [-0.15, -0.1) is 6.58 Å². The lowest BCUT2D eigenvalue weighted by molar-refractivity contribution is 0.102. The summed E-state index contributed by atoms with van der Waals surface area (Å²) >= 11 is 1.63. The molecule has 0 saturated carbocycles. The van der Waals surface area contributed by atoms with Crippen molar-refractivity contribution in [1.29, 1.82) is 0 Å². The first-order chi connectivity index (χ1) is 14.5. The number of hydrogen-bond acceptors (Lipinski definition) is 6. The summed E-state index contributed by atoms with van der Waals surface area (Å²) in [6, 6.07) is 11.5. The van der Waals surface area contributed by atoms with Gasteiger partial charge in [0.1, 0.15) is 0 Å². The van der Waals surface area contributed by atoms with Crippen LogP contribution < -0.4 is 14.9 Å². The lowest BCUT2D eigenvalue weighted by Gasteiger charge is -2.11. The molecule has 4 rings (SSSR count). The molecular weight excluding hydrogens is 420 g/mol. The highest BCUT2D eigenvalue weighted by Crippen LogP contribution is 2.32. The van der Waals surface area contributed by atoms with E-state index in [0.717, 1.165) is 28.4 Å². The van der Waals surface area contributed by atoms with Gasteiger partial charge in [-0.25, -0.2) is 18.1 Å². The number of nitrogens with zero attached hydrogens (tertiary/aromatic N) is 2. The van der Waals surface area contributed by atoms with Crippen molar-refractivity contribution in [2.45, 2.75) is 17.7 Å². The fourth-order valence-corrected chi connectivity index (χ4v) is 5.33. The third kappa shape index (κ3) is 4.38. The maximum absolute atomic E-state index is 12.6. The van der Waals surface area contributed by atoms with Crippen LogP contribution in [0.3, 0.4) is 0 Å². The molecule has 30 heavy (non-hydrogen) atoms. The van der Waals surface area contributed by atoms with E-state index in [0.29, 0.717) is 11.3 Å². The minimum Gasteiger partial charge on any atom is -0.348 e. The Morgan fingerprint density at radius 1 is 1.17 bits per heavy atom. The number of thiazole rings is 1. The quantitative estimate of drug-likeness (QED) is 0.546. The van der Waals surface area contributed by atoms with E-state index in [-0.39, 0.29) is 17.3 Å². The first-order valence-corrected chi connectivity index (χ1v) is 11.9. The van der Waals surface area contributed by atoms with E-state index >= 15 is 0 Å². The largest absolute Gasteiger partial charge is 0.348 e. The second-order valence-corrected chi connectivity index (χ2v) is 9.77. The van der Waals surface area contributed by atoms with Gasteiger partial charge in [0.15, 0.2) is 5.13 Å². The molecule has 2 N–H and O–H groups in total. The fourth-order valence-electron chi connectivity index (χ4n) is 3.27. The van der Waals surface area contributed by atoms with E-state index in [1.165, 1.54) is 43.2 Å². The number of benzene rings is 2. The van der Waals surface area contributed by atoms with Crippen molar-refractivity contribution >= 4 is 48.3 Å². The summed E-state index contributed by atoms with van der Waals surface area (Å²) in [4.78, 5) is 19.7. The Kier molecular flexibility index (Phi) is 5.85. The van der Waals surface area contributed by atoms with Crippen LogP contribution >= 0.6 is 11.3 Å². The summed E-state index contributed by atoms with van der Waals surface area (Å²) in [6.45, 7) is 5.71. The summed E-state index contributed by atoms with van der Waals surface area (Å²) in [5.41, 5.74) is 1.97. The topological polar surface area (TPSA) is 91.4 Å². The lowest BCUT2D eigenvalue weighted by atomic mass is 10.2. The molecule has 9 heteroatoms. The molecule has 0 atom stereocenters. The third-order valence-corrected chi connectivity index (χ3v) is 7.37. The van der Waals surface area contributed by atoms with Crippen molar-refractivity contribution in [3.8, 4) is 0 Å². The van der Waals surface area contributed by atoms with E-state index in [1.807, 2.05) is 18.2 Å². The van der Waals surface area contributed by atoms with Crippen LogP contribution in [0.2, 0.25) is 0 Å². The monoisotopic (exact) mass is 442 g/mol. The predicted molar refractivity (Wildman–Crippen MR) is 121 cm³/mol. The molecule has 3 aromatic rings. The highest BCUT2D eigenvalue weighted by atomic mass is 32.2. The zero-order chi connectivity index (χ0) is 21.1. The summed E-state index contributed by atoms with van der Waals surface area (Å²) in [5, 5.41) is 3.89. The summed E-state index contributed by atoms with van der Waals surface area (Å²) in [5.74, 6) is -0.304. The molecule has 0 unspecified atom stereocenters. The SMILES string of the molecule is C=CCNS(=O)(=O)c1ccc(C(=O)Nc2ccc3nc(N4CCCC4)sc3c2)cc1. The highest BCUT2D eigenvalue weighted by Gasteiger charge is 2.17. The molecule has 1 fully saturated rings.